The molecule has 1 heterocycles. The first kappa shape index (κ1) is 12.8. The minimum absolute atomic E-state index is 0.966. The van der Waals surface area contributed by atoms with E-state index < -0.39 is 0 Å². The SMILES string of the molecule is CNCCc1cc(-c2cc(C)c(C)cc2C)n[nH]1. The van der Waals surface area contributed by atoms with E-state index in [9.17, 15) is 0 Å². The number of benzene rings is 1. The van der Waals surface area contributed by atoms with Gasteiger partial charge in [-0.05, 0) is 56.6 Å². The van der Waals surface area contributed by atoms with Crippen molar-refractivity contribution in [2.75, 3.05) is 13.6 Å². The Labute approximate surface area is 109 Å². The zero-order chi connectivity index (χ0) is 13.1. The summed E-state index contributed by atoms with van der Waals surface area (Å²) in [5, 5.41) is 10.7. The van der Waals surface area contributed by atoms with Gasteiger partial charge in [-0.3, -0.25) is 5.10 Å². The Morgan fingerprint density at radius 1 is 1.06 bits per heavy atom. The summed E-state index contributed by atoms with van der Waals surface area (Å²) in [7, 11) is 1.96. The fourth-order valence-electron chi connectivity index (χ4n) is 2.12. The number of likely N-dealkylation sites (N-methyl/N-ethyl adjacent to an activating group) is 1. The molecule has 1 aromatic carbocycles. The molecule has 0 bridgehead atoms. The minimum Gasteiger partial charge on any atom is -0.319 e. The average Bonchev–Trinajstić information content (AvgIpc) is 2.79. The van der Waals surface area contributed by atoms with E-state index in [1.54, 1.807) is 0 Å². The van der Waals surface area contributed by atoms with Crippen molar-refractivity contribution in [1.82, 2.24) is 15.5 Å². The van der Waals surface area contributed by atoms with Crippen molar-refractivity contribution in [2.45, 2.75) is 27.2 Å². The maximum atomic E-state index is 4.42. The first-order valence-corrected chi connectivity index (χ1v) is 6.39. The van der Waals surface area contributed by atoms with Gasteiger partial charge in [-0.15, -0.1) is 0 Å². The van der Waals surface area contributed by atoms with Crippen LogP contribution in [0.1, 0.15) is 22.4 Å². The van der Waals surface area contributed by atoms with Crippen molar-refractivity contribution in [3.05, 3.63) is 40.6 Å². The van der Waals surface area contributed by atoms with Crippen LogP contribution in [0.15, 0.2) is 18.2 Å². The van der Waals surface area contributed by atoms with Gasteiger partial charge in [0.15, 0.2) is 0 Å². The maximum Gasteiger partial charge on any atom is 0.0926 e. The van der Waals surface area contributed by atoms with Gasteiger partial charge in [0.2, 0.25) is 0 Å². The third kappa shape index (κ3) is 2.62. The van der Waals surface area contributed by atoms with Crippen LogP contribution in [0.25, 0.3) is 11.3 Å². The number of aryl methyl sites for hydroxylation is 3. The summed E-state index contributed by atoms with van der Waals surface area (Å²) in [4.78, 5) is 0. The van der Waals surface area contributed by atoms with Crippen molar-refractivity contribution in [2.24, 2.45) is 0 Å². The van der Waals surface area contributed by atoms with Crippen LogP contribution in [0.3, 0.4) is 0 Å². The summed E-state index contributed by atoms with van der Waals surface area (Å²) < 4.78 is 0. The molecule has 0 aliphatic heterocycles. The summed E-state index contributed by atoms with van der Waals surface area (Å²) in [5.41, 5.74) is 7.38. The van der Waals surface area contributed by atoms with Crippen LogP contribution in [0.5, 0.6) is 0 Å². The lowest BCUT2D eigenvalue weighted by Gasteiger charge is -2.07. The molecule has 0 radical (unpaired) electrons. The molecular formula is C15H21N3. The molecule has 0 fully saturated rings. The van der Waals surface area contributed by atoms with Gasteiger partial charge in [0, 0.05) is 24.2 Å². The fraction of sp³-hybridized carbons (Fsp3) is 0.400. The number of rotatable bonds is 4. The number of nitrogens with one attached hydrogen (secondary N) is 2. The van der Waals surface area contributed by atoms with E-state index in [0.717, 1.165) is 18.7 Å². The van der Waals surface area contributed by atoms with Crippen LogP contribution in [-0.4, -0.2) is 23.8 Å². The Hall–Kier alpha value is -1.61. The quantitative estimate of drug-likeness (QED) is 0.867. The number of hydrogen-bond acceptors (Lipinski definition) is 2. The highest BCUT2D eigenvalue weighted by Gasteiger charge is 2.08. The molecular weight excluding hydrogens is 222 g/mol. The smallest absolute Gasteiger partial charge is 0.0926 e. The summed E-state index contributed by atoms with van der Waals surface area (Å²) in [6.07, 6.45) is 0.980. The van der Waals surface area contributed by atoms with Gasteiger partial charge in [0.1, 0.15) is 0 Å². The molecule has 0 aliphatic rings. The molecule has 0 atom stereocenters. The van der Waals surface area contributed by atoms with Crippen LogP contribution < -0.4 is 5.32 Å². The molecule has 0 amide bonds. The molecule has 3 heteroatoms. The normalized spacial score (nSPS) is 10.9. The van der Waals surface area contributed by atoms with Gasteiger partial charge in [-0.25, -0.2) is 0 Å². The average molecular weight is 243 g/mol. The predicted octanol–water partition coefficient (Wildman–Crippen LogP) is 2.76. The van der Waals surface area contributed by atoms with Crippen LogP contribution in [0.2, 0.25) is 0 Å². The lowest BCUT2D eigenvalue weighted by Crippen LogP contribution is -2.10. The number of nitrogens with zero attached hydrogens (tertiary/aromatic N) is 1. The predicted molar refractivity (Wildman–Crippen MR) is 75.9 cm³/mol. The number of H-pyrrole nitrogens is 1. The van der Waals surface area contributed by atoms with Crippen LogP contribution >= 0.6 is 0 Å². The maximum absolute atomic E-state index is 4.42. The fourth-order valence-corrected chi connectivity index (χ4v) is 2.12. The lowest BCUT2D eigenvalue weighted by atomic mass is 9.98. The zero-order valence-electron chi connectivity index (χ0n) is 11.6. The van der Waals surface area contributed by atoms with E-state index in [2.05, 4.69) is 54.5 Å². The largest absolute Gasteiger partial charge is 0.319 e. The van der Waals surface area contributed by atoms with Crippen LogP contribution in [-0.2, 0) is 6.42 Å². The first-order chi connectivity index (χ1) is 8.61. The van der Waals surface area contributed by atoms with Crippen LogP contribution in [0.4, 0.5) is 0 Å². The Kier molecular flexibility index (Phi) is 3.82. The van der Waals surface area contributed by atoms with Crippen molar-refractivity contribution in [3.8, 4) is 11.3 Å². The molecule has 1 aromatic heterocycles. The van der Waals surface area contributed by atoms with Gasteiger partial charge < -0.3 is 5.32 Å². The second-order valence-electron chi connectivity index (χ2n) is 4.88. The summed E-state index contributed by atoms with van der Waals surface area (Å²) in [5.74, 6) is 0. The molecule has 2 rings (SSSR count). The molecule has 2 N–H and O–H groups in total. The highest BCUT2D eigenvalue weighted by Crippen LogP contribution is 2.25. The van der Waals surface area contributed by atoms with E-state index in [1.165, 1.54) is 27.9 Å². The third-order valence-corrected chi connectivity index (χ3v) is 3.39. The number of aromatic amines is 1. The van der Waals surface area contributed by atoms with Crippen molar-refractivity contribution < 1.29 is 0 Å². The monoisotopic (exact) mass is 243 g/mol. The van der Waals surface area contributed by atoms with E-state index in [1.807, 2.05) is 7.05 Å². The molecule has 2 aromatic rings. The molecule has 0 spiro atoms. The first-order valence-electron chi connectivity index (χ1n) is 6.39. The third-order valence-electron chi connectivity index (χ3n) is 3.39. The Morgan fingerprint density at radius 2 is 1.78 bits per heavy atom. The number of aromatic nitrogens is 2. The van der Waals surface area contributed by atoms with Crippen molar-refractivity contribution >= 4 is 0 Å². The standard InChI is InChI=1S/C15H21N3/c1-10-7-12(3)14(8-11(10)2)15-9-13(17-18-15)5-6-16-4/h7-9,16H,5-6H2,1-4H3,(H,17,18). The lowest BCUT2D eigenvalue weighted by molar-refractivity contribution is 0.772. The molecule has 18 heavy (non-hydrogen) atoms. The highest BCUT2D eigenvalue weighted by atomic mass is 15.1. The van der Waals surface area contributed by atoms with E-state index in [4.69, 9.17) is 0 Å². The Bertz CT molecular complexity index is 541. The molecule has 3 nitrogen and oxygen atoms in total. The summed E-state index contributed by atoms with van der Waals surface area (Å²) in [6.45, 7) is 7.40. The molecule has 96 valence electrons. The second kappa shape index (κ2) is 5.36. The Morgan fingerprint density at radius 3 is 2.50 bits per heavy atom. The van der Waals surface area contributed by atoms with Gasteiger partial charge >= 0.3 is 0 Å². The summed E-state index contributed by atoms with van der Waals surface area (Å²) in [6, 6.07) is 6.60. The minimum atomic E-state index is 0.966. The second-order valence-corrected chi connectivity index (χ2v) is 4.88. The topological polar surface area (TPSA) is 40.7 Å². The van der Waals surface area contributed by atoms with E-state index in [-0.39, 0.29) is 0 Å². The molecule has 0 saturated heterocycles. The van der Waals surface area contributed by atoms with Gasteiger partial charge in [0.05, 0.1) is 5.69 Å². The molecule has 0 unspecified atom stereocenters. The zero-order valence-corrected chi connectivity index (χ0v) is 11.6. The van der Waals surface area contributed by atoms with Gasteiger partial charge in [0.25, 0.3) is 0 Å². The Balaban J connectivity index is 2.31. The van der Waals surface area contributed by atoms with Gasteiger partial charge in [-0.1, -0.05) is 6.07 Å². The number of hydrogen-bond donors (Lipinski definition) is 2. The van der Waals surface area contributed by atoms with E-state index in [0.29, 0.717) is 0 Å². The summed E-state index contributed by atoms with van der Waals surface area (Å²) >= 11 is 0. The molecule has 0 saturated carbocycles. The highest BCUT2D eigenvalue weighted by molar-refractivity contribution is 5.65. The molecule has 0 aliphatic carbocycles. The van der Waals surface area contributed by atoms with Crippen LogP contribution in [0, 0.1) is 20.8 Å². The van der Waals surface area contributed by atoms with Crippen molar-refractivity contribution in [1.29, 1.82) is 0 Å². The van der Waals surface area contributed by atoms with Gasteiger partial charge in [-0.2, -0.15) is 5.10 Å². The van der Waals surface area contributed by atoms with Crippen molar-refractivity contribution in [3.63, 3.8) is 0 Å². The van der Waals surface area contributed by atoms with E-state index >= 15 is 0 Å².